The molecule has 3 rings (SSSR count). The second kappa shape index (κ2) is 9.68. The second-order valence-corrected chi connectivity index (χ2v) is 7.00. The number of ether oxygens (including phenoxy) is 2. The Morgan fingerprint density at radius 1 is 0.963 bits per heavy atom. The van der Waals surface area contributed by atoms with Crippen LogP contribution in [0.1, 0.15) is 0 Å². The van der Waals surface area contributed by atoms with Crippen LogP contribution >= 0.6 is 0 Å². The molecular weight excluding hydrogens is 348 g/mol. The maximum absolute atomic E-state index is 12.3. The van der Waals surface area contributed by atoms with Crippen LogP contribution in [0.25, 0.3) is 0 Å². The number of likely N-dealkylation sites (N-methyl/N-ethyl adjacent to an activating group) is 1. The van der Waals surface area contributed by atoms with Gasteiger partial charge < -0.3 is 29.5 Å². The normalized spacial score (nSPS) is 18.9. The van der Waals surface area contributed by atoms with Crippen molar-refractivity contribution in [3.8, 4) is 0 Å². The quantitative estimate of drug-likeness (QED) is 0.654. The van der Waals surface area contributed by atoms with E-state index in [2.05, 4.69) is 10.2 Å². The van der Waals surface area contributed by atoms with E-state index in [9.17, 15) is 9.59 Å². The van der Waals surface area contributed by atoms with Crippen LogP contribution < -0.4 is 15.1 Å². The molecule has 2 heterocycles. The molecule has 2 amide bonds. The van der Waals surface area contributed by atoms with Crippen molar-refractivity contribution in [2.45, 2.75) is 0 Å². The molecule has 0 aromatic heterocycles. The fourth-order valence-corrected chi connectivity index (χ4v) is 3.30. The van der Waals surface area contributed by atoms with Gasteiger partial charge in [0.1, 0.15) is 0 Å². The third kappa shape index (κ3) is 5.92. The SMILES string of the molecule is C[NH+](CC(=O)Nc1ccc(N2CCOCC2)cc1)CC(=O)N1CCOCC1. The highest BCUT2D eigenvalue weighted by atomic mass is 16.5. The minimum absolute atomic E-state index is 0.0680. The van der Waals surface area contributed by atoms with Gasteiger partial charge in [-0.05, 0) is 24.3 Å². The number of nitrogens with zero attached hydrogens (tertiary/aromatic N) is 2. The van der Waals surface area contributed by atoms with Crippen molar-refractivity contribution in [2.75, 3.05) is 83.0 Å². The Balaban J connectivity index is 1.43. The standard InChI is InChI=1S/C19H28N4O4/c1-21(15-19(25)23-8-12-27-13-9-23)14-18(24)20-16-2-4-17(5-3-16)22-6-10-26-11-7-22/h2-5H,6-15H2,1H3,(H,20,24)/p+1. The molecule has 1 aromatic carbocycles. The summed E-state index contributed by atoms with van der Waals surface area (Å²) in [5.74, 6) is -0.0279. The first-order valence-corrected chi connectivity index (χ1v) is 9.51. The highest BCUT2D eigenvalue weighted by Gasteiger charge is 2.21. The van der Waals surface area contributed by atoms with Crippen LogP contribution in [0.5, 0.6) is 0 Å². The highest BCUT2D eigenvalue weighted by molar-refractivity contribution is 5.91. The van der Waals surface area contributed by atoms with E-state index < -0.39 is 0 Å². The predicted molar refractivity (Wildman–Crippen MR) is 102 cm³/mol. The minimum atomic E-state index is -0.0959. The molecule has 0 aliphatic carbocycles. The summed E-state index contributed by atoms with van der Waals surface area (Å²) in [4.78, 5) is 29.4. The zero-order chi connectivity index (χ0) is 19.1. The number of carbonyl (C=O) groups is 2. The van der Waals surface area contributed by atoms with Crippen LogP contribution in [0.2, 0.25) is 0 Å². The van der Waals surface area contributed by atoms with E-state index in [1.54, 1.807) is 4.90 Å². The number of anilines is 2. The second-order valence-electron chi connectivity index (χ2n) is 7.00. The van der Waals surface area contributed by atoms with Gasteiger partial charge in [-0.2, -0.15) is 0 Å². The van der Waals surface area contributed by atoms with E-state index in [1.807, 2.05) is 31.3 Å². The van der Waals surface area contributed by atoms with Gasteiger partial charge in [-0.25, -0.2) is 0 Å². The Kier molecular flexibility index (Phi) is 7.03. The van der Waals surface area contributed by atoms with Gasteiger partial charge in [0.05, 0.1) is 33.5 Å². The van der Waals surface area contributed by atoms with Gasteiger partial charge in [0, 0.05) is 37.6 Å². The Bertz CT molecular complexity index is 625. The first-order chi connectivity index (χ1) is 13.1. The van der Waals surface area contributed by atoms with E-state index in [4.69, 9.17) is 9.47 Å². The van der Waals surface area contributed by atoms with Gasteiger partial charge >= 0.3 is 0 Å². The van der Waals surface area contributed by atoms with Crippen molar-refractivity contribution in [2.24, 2.45) is 0 Å². The van der Waals surface area contributed by atoms with Gasteiger partial charge in [-0.3, -0.25) is 9.59 Å². The van der Waals surface area contributed by atoms with Gasteiger partial charge in [0.25, 0.3) is 11.8 Å². The molecule has 8 heteroatoms. The molecule has 27 heavy (non-hydrogen) atoms. The summed E-state index contributed by atoms with van der Waals surface area (Å²) in [5, 5.41) is 2.91. The lowest BCUT2D eigenvalue weighted by Crippen LogP contribution is -3.11. The fraction of sp³-hybridized carbons (Fsp3) is 0.579. The molecule has 1 atom stereocenters. The number of nitrogens with one attached hydrogen (secondary N) is 2. The van der Waals surface area contributed by atoms with Crippen molar-refractivity contribution in [1.82, 2.24) is 4.90 Å². The lowest BCUT2D eigenvalue weighted by atomic mass is 10.2. The van der Waals surface area contributed by atoms with Crippen LogP contribution in [-0.4, -0.2) is 89.5 Å². The van der Waals surface area contributed by atoms with Crippen LogP contribution in [0.15, 0.2) is 24.3 Å². The Morgan fingerprint density at radius 2 is 1.56 bits per heavy atom. The average Bonchev–Trinajstić information content (AvgIpc) is 2.69. The number of hydrogen-bond donors (Lipinski definition) is 2. The summed E-state index contributed by atoms with van der Waals surface area (Å²) in [6, 6.07) is 7.85. The number of amides is 2. The smallest absolute Gasteiger partial charge is 0.279 e. The number of benzene rings is 1. The Hall–Kier alpha value is -2.16. The van der Waals surface area contributed by atoms with Crippen LogP contribution in [0.4, 0.5) is 11.4 Å². The maximum atomic E-state index is 12.3. The van der Waals surface area contributed by atoms with Crippen LogP contribution in [-0.2, 0) is 19.1 Å². The molecule has 2 N–H and O–H groups in total. The third-order valence-electron chi connectivity index (χ3n) is 4.81. The van der Waals surface area contributed by atoms with E-state index in [-0.39, 0.29) is 18.4 Å². The topological polar surface area (TPSA) is 75.6 Å². The van der Waals surface area contributed by atoms with E-state index in [1.165, 1.54) is 0 Å². The van der Waals surface area contributed by atoms with Gasteiger partial charge in [0.2, 0.25) is 0 Å². The van der Waals surface area contributed by atoms with E-state index in [0.717, 1.165) is 42.6 Å². The van der Waals surface area contributed by atoms with Gasteiger partial charge in [-0.1, -0.05) is 0 Å². The van der Waals surface area contributed by atoms with Gasteiger partial charge in [-0.15, -0.1) is 0 Å². The first kappa shape index (κ1) is 19.6. The van der Waals surface area contributed by atoms with Crippen molar-refractivity contribution < 1.29 is 24.0 Å². The zero-order valence-electron chi connectivity index (χ0n) is 15.9. The summed E-state index contributed by atoms with van der Waals surface area (Å²) in [6.07, 6.45) is 0. The molecule has 1 unspecified atom stereocenters. The number of hydrogen-bond acceptors (Lipinski definition) is 5. The van der Waals surface area contributed by atoms with Crippen LogP contribution in [0.3, 0.4) is 0 Å². The summed E-state index contributed by atoms with van der Waals surface area (Å²) in [5.41, 5.74) is 1.90. The summed E-state index contributed by atoms with van der Waals surface area (Å²) in [6.45, 7) is 6.27. The molecule has 148 valence electrons. The van der Waals surface area contributed by atoms with Crippen molar-refractivity contribution >= 4 is 23.2 Å². The minimum Gasteiger partial charge on any atom is -0.378 e. The molecule has 8 nitrogen and oxygen atoms in total. The number of morpholine rings is 2. The van der Waals surface area contributed by atoms with E-state index >= 15 is 0 Å². The molecule has 2 fully saturated rings. The molecule has 0 spiro atoms. The highest BCUT2D eigenvalue weighted by Crippen LogP contribution is 2.18. The molecule has 0 radical (unpaired) electrons. The zero-order valence-corrected chi connectivity index (χ0v) is 15.9. The molecule has 2 aliphatic rings. The third-order valence-corrected chi connectivity index (χ3v) is 4.81. The monoisotopic (exact) mass is 377 g/mol. The molecule has 2 aliphatic heterocycles. The molecule has 1 aromatic rings. The molecular formula is C19H29N4O4+. The van der Waals surface area contributed by atoms with Gasteiger partial charge in [0.15, 0.2) is 13.1 Å². The number of quaternary nitrogens is 1. The summed E-state index contributed by atoms with van der Waals surface area (Å²) < 4.78 is 10.6. The number of carbonyl (C=O) groups excluding carboxylic acids is 2. The van der Waals surface area contributed by atoms with Crippen LogP contribution in [0, 0.1) is 0 Å². The van der Waals surface area contributed by atoms with Crippen molar-refractivity contribution in [3.63, 3.8) is 0 Å². The summed E-state index contributed by atoms with van der Waals surface area (Å²) in [7, 11) is 1.86. The van der Waals surface area contributed by atoms with Crippen molar-refractivity contribution in [3.05, 3.63) is 24.3 Å². The first-order valence-electron chi connectivity index (χ1n) is 9.51. The van der Waals surface area contributed by atoms with E-state index in [0.29, 0.717) is 32.8 Å². The summed E-state index contributed by atoms with van der Waals surface area (Å²) >= 11 is 0. The van der Waals surface area contributed by atoms with Crippen molar-refractivity contribution in [1.29, 1.82) is 0 Å². The lowest BCUT2D eigenvalue weighted by Gasteiger charge is -2.29. The fourth-order valence-electron chi connectivity index (χ4n) is 3.30. The lowest BCUT2D eigenvalue weighted by molar-refractivity contribution is -0.862. The molecule has 0 bridgehead atoms. The largest absolute Gasteiger partial charge is 0.378 e. The predicted octanol–water partition coefficient (Wildman–Crippen LogP) is -1.16. The maximum Gasteiger partial charge on any atom is 0.279 e. The molecule has 2 saturated heterocycles. The average molecular weight is 377 g/mol. The Labute approximate surface area is 160 Å². The number of rotatable bonds is 6. The molecule has 0 saturated carbocycles. The Morgan fingerprint density at radius 3 is 2.19 bits per heavy atom.